The van der Waals surface area contributed by atoms with Crippen LogP contribution in [0.1, 0.15) is 25.3 Å². The zero-order valence-electron chi connectivity index (χ0n) is 15.5. The molecule has 1 saturated heterocycles. The molecule has 2 atom stereocenters. The van der Waals surface area contributed by atoms with E-state index in [1.165, 1.54) is 11.0 Å². The lowest BCUT2D eigenvalue weighted by Crippen LogP contribution is -2.52. The summed E-state index contributed by atoms with van der Waals surface area (Å²) in [5.74, 6) is -1.33. The van der Waals surface area contributed by atoms with Crippen LogP contribution in [0.2, 0.25) is 0 Å². The third-order valence-electron chi connectivity index (χ3n) is 4.77. The van der Waals surface area contributed by atoms with Crippen LogP contribution < -0.4 is 4.90 Å². The molecule has 0 bridgehead atoms. The summed E-state index contributed by atoms with van der Waals surface area (Å²) < 4.78 is 46.0. The highest BCUT2D eigenvalue weighted by molar-refractivity contribution is 7.14. The van der Waals surface area contributed by atoms with Gasteiger partial charge in [-0.2, -0.15) is 13.2 Å². The van der Waals surface area contributed by atoms with Gasteiger partial charge in [0.2, 0.25) is 0 Å². The lowest BCUT2D eigenvalue weighted by atomic mass is 9.91. The fraction of sp³-hybridized carbons (Fsp3) is 0.474. The first-order valence-electron chi connectivity index (χ1n) is 8.96. The number of phenols is 1. The van der Waals surface area contributed by atoms with Crippen molar-refractivity contribution in [3.05, 3.63) is 29.1 Å². The molecule has 2 unspecified atom stereocenters. The Bertz CT molecular complexity index is 853. The number of nitrogens with zero attached hydrogens (tertiary/aromatic N) is 2. The Morgan fingerprint density at radius 3 is 2.86 bits per heavy atom. The van der Waals surface area contributed by atoms with Crippen molar-refractivity contribution >= 4 is 22.4 Å². The molecule has 5 nitrogen and oxygen atoms in total. The van der Waals surface area contributed by atoms with Gasteiger partial charge in [-0.05, 0) is 38.8 Å². The van der Waals surface area contributed by atoms with Crippen molar-refractivity contribution in [3.63, 3.8) is 0 Å². The van der Waals surface area contributed by atoms with Crippen molar-refractivity contribution in [1.29, 1.82) is 0 Å². The quantitative estimate of drug-likeness (QED) is 0.745. The molecule has 1 aromatic carbocycles. The summed E-state index contributed by atoms with van der Waals surface area (Å²) >= 11 is 1.09. The minimum absolute atomic E-state index is 0.0239. The van der Waals surface area contributed by atoms with Gasteiger partial charge in [0.15, 0.2) is 5.13 Å². The van der Waals surface area contributed by atoms with Crippen molar-refractivity contribution in [1.82, 2.24) is 4.98 Å². The molecule has 1 N–H and O–H groups in total. The zero-order valence-corrected chi connectivity index (χ0v) is 16.3. The van der Waals surface area contributed by atoms with Gasteiger partial charge in [-0.3, -0.25) is 4.79 Å². The number of rotatable bonds is 4. The molecule has 1 aromatic heterocycles. The van der Waals surface area contributed by atoms with Gasteiger partial charge in [0.25, 0.3) is 0 Å². The molecule has 9 heteroatoms. The first-order valence-corrected chi connectivity index (χ1v) is 9.84. The second kappa shape index (κ2) is 7.98. The Balaban J connectivity index is 1.87. The predicted octanol–water partition coefficient (Wildman–Crippen LogP) is 4.53. The van der Waals surface area contributed by atoms with E-state index in [9.17, 15) is 23.1 Å². The number of esters is 1. The third kappa shape index (κ3) is 4.24. The zero-order chi connectivity index (χ0) is 20.5. The number of carbonyl (C=O) groups is 1. The molecule has 3 rings (SSSR count). The molecule has 1 fully saturated rings. The SMILES string of the molecule is CCOC(=O)C1CCN(c2nc(-c3cc(C)ccc3O)cs2)C(C(F)(F)F)C1. The van der Waals surface area contributed by atoms with Gasteiger partial charge in [0.1, 0.15) is 11.8 Å². The van der Waals surface area contributed by atoms with E-state index >= 15 is 0 Å². The number of carbonyl (C=O) groups excluding carboxylic acids is 1. The number of alkyl halides is 3. The highest BCUT2D eigenvalue weighted by Crippen LogP contribution is 2.40. The normalized spacial score (nSPS) is 20.2. The van der Waals surface area contributed by atoms with Crippen molar-refractivity contribution in [2.45, 2.75) is 38.9 Å². The number of hydrogen-bond donors (Lipinski definition) is 1. The van der Waals surface area contributed by atoms with Crippen LogP contribution in [0.3, 0.4) is 0 Å². The molecular formula is C19H21F3N2O3S. The van der Waals surface area contributed by atoms with E-state index < -0.39 is 24.1 Å². The van der Waals surface area contributed by atoms with Gasteiger partial charge in [0, 0.05) is 17.5 Å². The van der Waals surface area contributed by atoms with Crippen LogP contribution in [0.25, 0.3) is 11.3 Å². The predicted molar refractivity (Wildman–Crippen MR) is 100 cm³/mol. The number of phenolic OH excluding ortho intramolecular Hbond substituents is 1. The van der Waals surface area contributed by atoms with Crippen LogP contribution >= 0.6 is 11.3 Å². The number of aromatic nitrogens is 1. The van der Waals surface area contributed by atoms with E-state index in [1.54, 1.807) is 24.4 Å². The van der Waals surface area contributed by atoms with Crippen molar-refractivity contribution in [2.24, 2.45) is 5.92 Å². The number of anilines is 1. The summed E-state index contributed by atoms with van der Waals surface area (Å²) in [6.45, 7) is 3.69. The van der Waals surface area contributed by atoms with Gasteiger partial charge < -0.3 is 14.7 Å². The minimum Gasteiger partial charge on any atom is -0.507 e. The van der Waals surface area contributed by atoms with Gasteiger partial charge >= 0.3 is 12.1 Å². The number of halogens is 3. The molecule has 0 saturated carbocycles. The van der Waals surface area contributed by atoms with Gasteiger partial charge in [-0.15, -0.1) is 11.3 Å². The Kier molecular flexibility index (Phi) is 5.83. The minimum atomic E-state index is -4.50. The molecule has 0 amide bonds. The topological polar surface area (TPSA) is 62.7 Å². The molecule has 1 aliphatic heterocycles. The van der Waals surface area contributed by atoms with E-state index in [-0.39, 0.29) is 36.9 Å². The summed E-state index contributed by atoms with van der Waals surface area (Å²) in [5.41, 5.74) is 1.81. The number of benzene rings is 1. The number of aryl methyl sites for hydroxylation is 1. The molecule has 2 heterocycles. The van der Waals surface area contributed by atoms with Crippen molar-refractivity contribution < 1.29 is 27.8 Å². The molecule has 0 radical (unpaired) electrons. The van der Waals surface area contributed by atoms with Crippen LogP contribution in [-0.2, 0) is 9.53 Å². The van der Waals surface area contributed by atoms with E-state index in [4.69, 9.17) is 4.74 Å². The third-order valence-corrected chi connectivity index (χ3v) is 5.64. The standard InChI is InChI=1S/C19H21F3N2O3S/c1-3-27-17(26)12-6-7-24(16(9-12)19(20,21)22)18-23-14(10-28-18)13-8-11(2)4-5-15(13)25/h4-5,8,10,12,16,25H,3,6-7,9H2,1-2H3. The van der Waals surface area contributed by atoms with Crippen LogP contribution in [0, 0.1) is 12.8 Å². The van der Waals surface area contributed by atoms with Crippen molar-refractivity contribution in [2.75, 3.05) is 18.1 Å². The number of ether oxygens (including phenoxy) is 1. The number of hydrogen-bond acceptors (Lipinski definition) is 6. The van der Waals surface area contributed by atoms with Gasteiger partial charge in [0.05, 0.1) is 18.2 Å². The molecule has 152 valence electrons. The summed E-state index contributed by atoms with van der Waals surface area (Å²) in [7, 11) is 0. The Morgan fingerprint density at radius 2 is 2.18 bits per heavy atom. The maximum atomic E-state index is 13.7. The summed E-state index contributed by atoms with van der Waals surface area (Å²) in [6.07, 6.45) is -4.58. The Morgan fingerprint density at radius 1 is 1.43 bits per heavy atom. The second-order valence-corrected chi connectivity index (χ2v) is 7.60. The van der Waals surface area contributed by atoms with Gasteiger partial charge in [-0.25, -0.2) is 4.98 Å². The summed E-state index contributed by atoms with van der Waals surface area (Å²) in [5, 5.41) is 11.9. The molecular weight excluding hydrogens is 393 g/mol. The van der Waals surface area contributed by atoms with E-state index in [1.807, 2.05) is 6.92 Å². The average molecular weight is 414 g/mol. The second-order valence-electron chi connectivity index (χ2n) is 6.76. The van der Waals surface area contributed by atoms with Crippen LogP contribution in [0.4, 0.5) is 18.3 Å². The van der Waals surface area contributed by atoms with Crippen LogP contribution in [0.5, 0.6) is 5.75 Å². The molecule has 0 spiro atoms. The average Bonchev–Trinajstić information content (AvgIpc) is 3.12. The molecule has 28 heavy (non-hydrogen) atoms. The lowest BCUT2D eigenvalue weighted by Gasteiger charge is -2.39. The fourth-order valence-corrected chi connectivity index (χ4v) is 4.26. The largest absolute Gasteiger partial charge is 0.507 e. The maximum Gasteiger partial charge on any atom is 0.408 e. The number of piperidine rings is 1. The lowest BCUT2D eigenvalue weighted by molar-refractivity contribution is -0.164. The maximum absolute atomic E-state index is 13.7. The van der Waals surface area contributed by atoms with Crippen molar-refractivity contribution in [3.8, 4) is 17.0 Å². The Hall–Kier alpha value is -2.29. The summed E-state index contributed by atoms with van der Waals surface area (Å²) in [4.78, 5) is 17.5. The van der Waals surface area contributed by atoms with Crippen LogP contribution in [-0.4, -0.2) is 41.4 Å². The first-order chi connectivity index (χ1) is 13.2. The van der Waals surface area contributed by atoms with Crippen LogP contribution in [0.15, 0.2) is 23.6 Å². The molecule has 0 aliphatic carbocycles. The number of aromatic hydroxyl groups is 1. The van der Waals surface area contributed by atoms with E-state index in [0.29, 0.717) is 11.3 Å². The fourth-order valence-electron chi connectivity index (χ4n) is 3.35. The highest BCUT2D eigenvalue weighted by atomic mass is 32.1. The number of thiazole rings is 1. The Labute approximate surface area is 164 Å². The molecule has 1 aliphatic rings. The smallest absolute Gasteiger partial charge is 0.408 e. The van der Waals surface area contributed by atoms with Gasteiger partial charge in [-0.1, -0.05) is 11.6 Å². The highest BCUT2D eigenvalue weighted by Gasteiger charge is 2.49. The van der Waals surface area contributed by atoms with E-state index in [2.05, 4.69) is 4.98 Å². The monoisotopic (exact) mass is 414 g/mol. The van der Waals surface area contributed by atoms with E-state index in [0.717, 1.165) is 16.9 Å². The summed E-state index contributed by atoms with van der Waals surface area (Å²) in [6, 6.07) is 3.21. The first kappa shape index (κ1) is 20.4. The molecule has 2 aromatic rings.